The molecular formula is C23H23ClFN3O3S. The number of rotatable bonds is 8. The lowest BCUT2D eigenvalue weighted by atomic mass is 10.1. The Bertz CT molecular complexity index is 1060. The molecule has 2 heterocycles. The van der Waals surface area contributed by atoms with E-state index in [1.54, 1.807) is 18.5 Å². The van der Waals surface area contributed by atoms with Gasteiger partial charge in [0, 0.05) is 29.4 Å². The van der Waals surface area contributed by atoms with Crippen LogP contribution in [0, 0.1) is 5.82 Å². The van der Waals surface area contributed by atoms with Gasteiger partial charge in [-0.2, -0.15) is 0 Å². The van der Waals surface area contributed by atoms with E-state index in [2.05, 4.69) is 9.97 Å². The van der Waals surface area contributed by atoms with Crippen LogP contribution in [0.3, 0.4) is 0 Å². The van der Waals surface area contributed by atoms with Gasteiger partial charge < -0.3 is 9.84 Å². The lowest BCUT2D eigenvalue weighted by molar-refractivity contribution is -0.142. The third-order valence-corrected chi connectivity index (χ3v) is 6.17. The number of benzene rings is 2. The van der Waals surface area contributed by atoms with Gasteiger partial charge in [-0.15, -0.1) is 12.4 Å². The minimum absolute atomic E-state index is 0. The first-order chi connectivity index (χ1) is 15.1. The van der Waals surface area contributed by atoms with E-state index < -0.39 is 12.0 Å². The quantitative estimate of drug-likeness (QED) is 0.502. The van der Waals surface area contributed by atoms with Crippen molar-refractivity contribution in [3.05, 3.63) is 67.0 Å². The molecular weight excluding hydrogens is 453 g/mol. The summed E-state index contributed by atoms with van der Waals surface area (Å²) in [7, 11) is 0. The first kappa shape index (κ1) is 24.0. The van der Waals surface area contributed by atoms with E-state index in [0.717, 1.165) is 33.9 Å². The number of nitrogens with zero attached hydrogens (tertiary/aromatic N) is 3. The third-order valence-electron chi connectivity index (χ3n) is 5.15. The van der Waals surface area contributed by atoms with Gasteiger partial charge in [0.25, 0.3) is 0 Å². The van der Waals surface area contributed by atoms with Gasteiger partial charge in [0.2, 0.25) is 0 Å². The van der Waals surface area contributed by atoms with Crippen LogP contribution in [0.2, 0.25) is 0 Å². The highest BCUT2D eigenvalue weighted by Gasteiger charge is 2.30. The second kappa shape index (κ2) is 11.3. The number of carbonyl (C=O) groups is 1. The molecule has 0 spiro atoms. The molecule has 4 rings (SSSR count). The molecule has 0 radical (unpaired) electrons. The van der Waals surface area contributed by atoms with E-state index in [1.807, 2.05) is 29.2 Å². The van der Waals surface area contributed by atoms with Crippen molar-refractivity contribution < 1.29 is 19.0 Å². The topological polar surface area (TPSA) is 75.5 Å². The maximum atomic E-state index is 13.7. The molecule has 9 heteroatoms. The van der Waals surface area contributed by atoms with Crippen LogP contribution in [0.15, 0.2) is 71.0 Å². The molecule has 3 aromatic rings. The summed E-state index contributed by atoms with van der Waals surface area (Å²) in [6.07, 6.45) is 6.50. The van der Waals surface area contributed by atoms with E-state index in [-0.39, 0.29) is 18.2 Å². The number of aromatic nitrogens is 2. The van der Waals surface area contributed by atoms with Crippen LogP contribution >= 0.6 is 24.2 Å². The zero-order valence-corrected chi connectivity index (χ0v) is 18.8. The van der Waals surface area contributed by atoms with E-state index in [0.29, 0.717) is 25.3 Å². The average molecular weight is 476 g/mol. The summed E-state index contributed by atoms with van der Waals surface area (Å²) in [4.78, 5) is 23.1. The van der Waals surface area contributed by atoms with E-state index in [9.17, 15) is 14.3 Å². The molecule has 2 aromatic carbocycles. The Labute approximate surface area is 196 Å². The van der Waals surface area contributed by atoms with Crippen LogP contribution in [0.25, 0.3) is 11.1 Å². The Kier molecular flexibility index (Phi) is 8.44. The van der Waals surface area contributed by atoms with Gasteiger partial charge >= 0.3 is 5.97 Å². The summed E-state index contributed by atoms with van der Waals surface area (Å²) in [5, 5.41) is 9.34. The van der Waals surface area contributed by atoms with Crippen molar-refractivity contribution in [2.45, 2.75) is 28.7 Å². The predicted octanol–water partition coefficient (Wildman–Crippen LogP) is 4.78. The Hall–Kier alpha value is -2.68. The second-order valence-corrected chi connectivity index (χ2v) is 8.34. The van der Waals surface area contributed by atoms with Crippen LogP contribution in [-0.2, 0) is 4.79 Å². The summed E-state index contributed by atoms with van der Waals surface area (Å²) >= 11 is 1.41. The first-order valence-corrected chi connectivity index (χ1v) is 10.8. The average Bonchev–Trinajstić information content (AvgIpc) is 3.24. The molecule has 0 amide bonds. The SMILES string of the molecule is Cl.O=C(O)C1CCCN1CCOc1ccc(-c2cncnc2)cc1Sc1cccc(F)c1. The van der Waals surface area contributed by atoms with Crippen LogP contribution in [-0.4, -0.2) is 51.7 Å². The number of aliphatic carboxylic acids is 1. The molecule has 0 aliphatic carbocycles. The van der Waals surface area contributed by atoms with Crippen molar-refractivity contribution in [2.75, 3.05) is 19.7 Å². The molecule has 1 aliphatic rings. The number of carboxylic acids is 1. The number of likely N-dealkylation sites (tertiary alicyclic amines) is 1. The third kappa shape index (κ3) is 5.97. The fourth-order valence-electron chi connectivity index (χ4n) is 3.64. The van der Waals surface area contributed by atoms with Gasteiger partial charge in [-0.3, -0.25) is 9.69 Å². The Morgan fingerprint density at radius 1 is 1.19 bits per heavy atom. The molecule has 0 bridgehead atoms. The van der Waals surface area contributed by atoms with E-state index >= 15 is 0 Å². The van der Waals surface area contributed by atoms with Crippen molar-refractivity contribution in [3.8, 4) is 16.9 Å². The number of hydrogen-bond acceptors (Lipinski definition) is 6. The van der Waals surface area contributed by atoms with E-state index in [4.69, 9.17) is 4.74 Å². The maximum absolute atomic E-state index is 13.7. The number of hydrogen-bond donors (Lipinski definition) is 1. The molecule has 1 aromatic heterocycles. The van der Waals surface area contributed by atoms with Crippen molar-refractivity contribution in [1.29, 1.82) is 0 Å². The zero-order valence-electron chi connectivity index (χ0n) is 17.2. The monoisotopic (exact) mass is 475 g/mol. The van der Waals surface area contributed by atoms with E-state index in [1.165, 1.54) is 30.2 Å². The largest absolute Gasteiger partial charge is 0.491 e. The summed E-state index contributed by atoms with van der Waals surface area (Å²) < 4.78 is 19.7. The highest BCUT2D eigenvalue weighted by Crippen LogP contribution is 2.38. The van der Waals surface area contributed by atoms with Crippen LogP contribution < -0.4 is 4.74 Å². The number of carboxylic acid groups (broad SMARTS) is 1. The van der Waals surface area contributed by atoms with Gasteiger partial charge in [-0.05, 0) is 55.3 Å². The highest BCUT2D eigenvalue weighted by atomic mass is 35.5. The van der Waals surface area contributed by atoms with Gasteiger partial charge in [0.1, 0.15) is 30.5 Å². The van der Waals surface area contributed by atoms with Crippen molar-refractivity contribution in [2.24, 2.45) is 0 Å². The molecule has 168 valence electrons. The molecule has 0 saturated carbocycles. The van der Waals surface area contributed by atoms with Gasteiger partial charge in [0.05, 0.1) is 4.90 Å². The van der Waals surface area contributed by atoms with Gasteiger partial charge in [-0.25, -0.2) is 14.4 Å². The molecule has 1 aliphatic heterocycles. The molecule has 6 nitrogen and oxygen atoms in total. The maximum Gasteiger partial charge on any atom is 0.320 e. The summed E-state index contributed by atoms with van der Waals surface area (Å²) in [6.45, 7) is 1.67. The fourth-order valence-corrected chi connectivity index (χ4v) is 4.62. The number of halogens is 2. The Balaban J connectivity index is 0.00000289. The highest BCUT2D eigenvalue weighted by molar-refractivity contribution is 7.99. The lowest BCUT2D eigenvalue weighted by Gasteiger charge is -2.21. The van der Waals surface area contributed by atoms with Crippen molar-refractivity contribution in [3.63, 3.8) is 0 Å². The normalized spacial score (nSPS) is 15.8. The zero-order chi connectivity index (χ0) is 21.6. The molecule has 1 unspecified atom stereocenters. The smallest absolute Gasteiger partial charge is 0.320 e. The van der Waals surface area contributed by atoms with Crippen molar-refractivity contribution >= 4 is 30.1 Å². The Morgan fingerprint density at radius 3 is 2.75 bits per heavy atom. The first-order valence-electron chi connectivity index (χ1n) is 10.0. The summed E-state index contributed by atoms with van der Waals surface area (Å²) in [5.41, 5.74) is 1.80. The summed E-state index contributed by atoms with van der Waals surface area (Å²) in [6, 6.07) is 11.7. The molecule has 1 fully saturated rings. The van der Waals surface area contributed by atoms with Crippen LogP contribution in [0.4, 0.5) is 4.39 Å². The molecule has 1 saturated heterocycles. The molecule has 32 heavy (non-hydrogen) atoms. The summed E-state index contributed by atoms with van der Waals surface area (Å²) in [5.74, 6) is -0.413. The minimum atomic E-state index is -0.783. The van der Waals surface area contributed by atoms with Crippen LogP contribution in [0.5, 0.6) is 5.75 Å². The van der Waals surface area contributed by atoms with Gasteiger partial charge in [0.15, 0.2) is 0 Å². The van der Waals surface area contributed by atoms with Crippen LogP contribution in [0.1, 0.15) is 12.8 Å². The molecule has 1 atom stereocenters. The van der Waals surface area contributed by atoms with Crippen molar-refractivity contribution in [1.82, 2.24) is 14.9 Å². The predicted molar refractivity (Wildman–Crippen MR) is 123 cm³/mol. The lowest BCUT2D eigenvalue weighted by Crippen LogP contribution is -2.38. The fraction of sp³-hybridized carbons (Fsp3) is 0.261. The molecule has 1 N–H and O–H groups in total. The minimum Gasteiger partial charge on any atom is -0.491 e. The Morgan fingerprint density at radius 2 is 2.00 bits per heavy atom. The second-order valence-electron chi connectivity index (χ2n) is 7.23. The van der Waals surface area contributed by atoms with Gasteiger partial charge in [-0.1, -0.05) is 23.9 Å². The number of ether oxygens (including phenoxy) is 1. The standard InChI is InChI=1S/C23H22FN3O3S.ClH/c24-18-3-1-4-19(12-18)31-22-11-16(17-13-25-15-26-14-17)6-7-21(22)30-10-9-27-8-2-5-20(27)23(28)29;/h1,3-4,6-7,11-15,20H,2,5,8-10H2,(H,28,29);1H.